The van der Waals surface area contributed by atoms with Gasteiger partial charge in [-0.25, -0.2) is 9.13 Å². The number of phosphoric acid groups is 2. The summed E-state index contributed by atoms with van der Waals surface area (Å²) in [5, 5.41) is 0. The van der Waals surface area contributed by atoms with Gasteiger partial charge in [0.15, 0.2) is 0 Å². The van der Waals surface area contributed by atoms with E-state index in [9.17, 15) is 9.13 Å². The molecule has 0 fully saturated rings. The number of rotatable bonds is 9. The van der Waals surface area contributed by atoms with E-state index in [0.29, 0.717) is 0 Å². The van der Waals surface area contributed by atoms with E-state index in [2.05, 4.69) is 14.9 Å². The van der Waals surface area contributed by atoms with Crippen molar-refractivity contribution in [2.75, 3.05) is 6.61 Å². The molecule has 9 heteroatoms. The molecule has 20 heavy (non-hydrogen) atoms. The van der Waals surface area contributed by atoms with Crippen LogP contribution in [0.4, 0.5) is 0 Å². The van der Waals surface area contributed by atoms with Crippen LogP contribution in [-0.4, -0.2) is 21.3 Å². The van der Waals surface area contributed by atoms with Gasteiger partial charge in [0.25, 0.3) is 0 Å². The third kappa shape index (κ3) is 11.6. The van der Waals surface area contributed by atoms with Gasteiger partial charge in [-0.2, -0.15) is 4.31 Å². The Morgan fingerprint density at radius 2 is 1.75 bits per heavy atom. The highest BCUT2D eigenvalue weighted by molar-refractivity contribution is 7.60. The van der Waals surface area contributed by atoms with E-state index >= 15 is 0 Å². The number of phosphoric ester groups is 1. The Bertz CT molecular complexity index is 446. The Morgan fingerprint density at radius 3 is 2.20 bits per heavy atom. The first-order valence-electron chi connectivity index (χ1n) is 6.11. The van der Waals surface area contributed by atoms with Crippen LogP contribution in [-0.2, 0) is 18.0 Å². The van der Waals surface area contributed by atoms with Crippen molar-refractivity contribution < 1.29 is 32.6 Å². The smallest absolute Gasteiger partial charge is 0.302 e. The van der Waals surface area contributed by atoms with Crippen LogP contribution in [0.3, 0.4) is 0 Å². The molecule has 0 spiro atoms. The standard InChI is InChI=1S/C11H22O7P2/c1-4-11(7-5-6-10(2)3)8-9-17-20(15,16)18-19(12,13)14/h6,8H,4-5,7,9H2,1-3H3,(H,15,16)(H2,12,13,14)/b11-8+. The summed E-state index contributed by atoms with van der Waals surface area (Å²) in [7, 11) is -9.80. The third-order valence-electron chi connectivity index (χ3n) is 2.29. The Hall–Kier alpha value is -0.260. The summed E-state index contributed by atoms with van der Waals surface area (Å²) in [4.78, 5) is 25.9. The lowest BCUT2D eigenvalue weighted by Crippen LogP contribution is -1.95. The zero-order valence-corrected chi connectivity index (χ0v) is 13.6. The van der Waals surface area contributed by atoms with Gasteiger partial charge in [0, 0.05) is 0 Å². The van der Waals surface area contributed by atoms with Crippen LogP contribution in [0.15, 0.2) is 23.3 Å². The van der Waals surface area contributed by atoms with Gasteiger partial charge in [0.05, 0.1) is 6.61 Å². The summed E-state index contributed by atoms with van der Waals surface area (Å²) in [6.45, 7) is 5.70. The van der Waals surface area contributed by atoms with Crippen molar-refractivity contribution in [3.05, 3.63) is 23.3 Å². The fourth-order valence-electron chi connectivity index (χ4n) is 1.38. The van der Waals surface area contributed by atoms with E-state index < -0.39 is 15.6 Å². The Kier molecular flexibility index (Phi) is 8.79. The van der Waals surface area contributed by atoms with Crippen LogP contribution in [0.25, 0.3) is 0 Å². The van der Waals surface area contributed by atoms with Crippen molar-refractivity contribution in [3.63, 3.8) is 0 Å². The summed E-state index contributed by atoms with van der Waals surface area (Å²) in [5.41, 5.74) is 2.24. The second-order valence-corrected chi connectivity index (χ2v) is 7.20. The number of hydrogen-bond acceptors (Lipinski definition) is 4. The first-order valence-corrected chi connectivity index (χ1v) is 9.14. The minimum atomic E-state index is -5.05. The van der Waals surface area contributed by atoms with Gasteiger partial charge < -0.3 is 14.7 Å². The van der Waals surface area contributed by atoms with Crippen LogP contribution in [0.2, 0.25) is 0 Å². The summed E-state index contributed by atoms with van der Waals surface area (Å²) < 4.78 is 29.8. The van der Waals surface area contributed by atoms with Crippen LogP contribution < -0.4 is 0 Å². The fraction of sp³-hybridized carbons (Fsp3) is 0.636. The van der Waals surface area contributed by atoms with Gasteiger partial charge >= 0.3 is 15.6 Å². The van der Waals surface area contributed by atoms with Gasteiger partial charge in [-0.05, 0) is 33.1 Å². The van der Waals surface area contributed by atoms with E-state index in [1.807, 2.05) is 20.8 Å². The van der Waals surface area contributed by atoms with Gasteiger partial charge in [-0.3, -0.25) is 4.52 Å². The van der Waals surface area contributed by atoms with Crippen molar-refractivity contribution >= 4 is 15.6 Å². The maximum absolute atomic E-state index is 11.2. The lowest BCUT2D eigenvalue weighted by molar-refractivity contribution is 0.191. The highest BCUT2D eigenvalue weighted by atomic mass is 31.3. The summed E-state index contributed by atoms with van der Waals surface area (Å²) in [5.74, 6) is 0. The lowest BCUT2D eigenvalue weighted by Gasteiger charge is -2.11. The first kappa shape index (κ1) is 19.7. The highest BCUT2D eigenvalue weighted by Crippen LogP contribution is 2.57. The summed E-state index contributed by atoms with van der Waals surface area (Å²) in [6, 6.07) is 0. The van der Waals surface area contributed by atoms with E-state index in [4.69, 9.17) is 14.7 Å². The second kappa shape index (κ2) is 8.90. The predicted octanol–water partition coefficient (Wildman–Crippen LogP) is 3.30. The van der Waals surface area contributed by atoms with E-state index in [1.165, 1.54) is 5.57 Å². The van der Waals surface area contributed by atoms with Crippen LogP contribution >= 0.6 is 15.6 Å². The van der Waals surface area contributed by atoms with Gasteiger partial charge in [0.2, 0.25) is 0 Å². The van der Waals surface area contributed by atoms with E-state index in [1.54, 1.807) is 6.08 Å². The molecule has 0 heterocycles. The van der Waals surface area contributed by atoms with Crippen molar-refractivity contribution in [1.82, 2.24) is 0 Å². The second-order valence-electron chi connectivity index (χ2n) is 4.37. The Balaban J connectivity index is 4.34. The van der Waals surface area contributed by atoms with Crippen molar-refractivity contribution in [2.45, 2.75) is 40.0 Å². The summed E-state index contributed by atoms with van der Waals surface area (Å²) >= 11 is 0. The van der Waals surface area contributed by atoms with Crippen molar-refractivity contribution in [3.8, 4) is 0 Å². The SMILES string of the molecule is CC/C(=C\COP(=O)(O)OP(=O)(O)O)CCC=C(C)C. The molecular weight excluding hydrogens is 306 g/mol. The molecule has 1 unspecified atom stereocenters. The fourth-order valence-corrected chi connectivity index (χ4v) is 2.90. The molecule has 0 amide bonds. The monoisotopic (exact) mass is 328 g/mol. The maximum Gasteiger partial charge on any atom is 0.481 e. The molecule has 0 aromatic heterocycles. The molecule has 0 radical (unpaired) electrons. The summed E-state index contributed by atoms with van der Waals surface area (Å²) in [6.07, 6.45) is 6.11. The van der Waals surface area contributed by atoms with Gasteiger partial charge in [-0.1, -0.05) is 30.2 Å². The Labute approximate surface area is 119 Å². The molecule has 7 nitrogen and oxygen atoms in total. The Morgan fingerprint density at radius 1 is 1.15 bits per heavy atom. The molecule has 0 aliphatic heterocycles. The van der Waals surface area contributed by atoms with E-state index in [-0.39, 0.29) is 6.61 Å². The lowest BCUT2D eigenvalue weighted by atomic mass is 10.1. The minimum absolute atomic E-state index is 0.244. The molecule has 0 saturated carbocycles. The van der Waals surface area contributed by atoms with Crippen molar-refractivity contribution in [2.24, 2.45) is 0 Å². The molecule has 3 N–H and O–H groups in total. The zero-order valence-electron chi connectivity index (χ0n) is 11.9. The van der Waals surface area contributed by atoms with Crippen LogP contribution in [0, 0.1) is 0 Å². The van der Waals surface area contributed by atoms with Crippen LogP contribution in [0.5, 0.6) is 0 Å². The molecule has 0 bridgehead atoms. The molecule has 0 saturated heterocycles. The number of allylic oxidation sites excluding steroid dienone is 3. The molecule has 0 aliphatic carbocycles. The van der Waals surface area contributed by atoms with E-state index in [0.717, 1.165) is 24.8 Å². The largest absolute Gasteiger partial charge is 0.481 e. The molecule has 0 rings (SSSR count). The average molecular weight is 328 g/mol. The van der Waals surface area contributed by atoms with Gasteiger partial charge in [-0.15, -0.1) is 0 Å². The third-order valence-corrected chi connectivity index (χ3v) is 4.44. The molecule has 118 valence electrons. The molecule has 0 aromatic rings. The van der Waals surface area contributed by atoms with Crippen LogP contribution in [0.1, 0.15) is 40.0 Å². The highest BCUT2D eigenvalue weighted by Gasteiger charge is 2.31. The number of hydrogen-bond donors (Lipinski definition) is 3. The first-order chi connectivity index (χ1) is 9.06. The maximum atomic E-state index is 11.2. The molecular formula is C11H22O7P2. The molecule has 0 aliphatic rings. The minimum Gasteiger partial charge on any atom is -0.302 e. The average Bonchev–Trinajstić information content (AvgIpc) is 2.22. The normalized spacial score (nSPS) is 15.8. The quantitative estimate of drug-likeness (QED) is 0.439. The molecule has 1 atom stereocenters. The van der Waals surface area contributed by atoms with Crippen molar-refractivity contribution in [1.29, 1.82) is 0 Å². The molecule has 0 aromatic carbocycles. The topological polar surface area (TPSA) is 113 Å². The predicted molar refractivity (Wildman–Crippen MR) is 75.9 cm³/mol. The van der Waals surface area contributed by atoms with Gasteiger partial charge in [0.1, 0.15) is 0 Å². The zero-order chi connectivity index (χ0) is 15.8.